The Bertz CT molecular complexity index is 1100. The number of rotatable bonds is 6. The fraction of sp³-hybridized carbons (Fsp3) is 0.400. The van der Waals surface area contributed by atoms with Crippen molar-refractivity contribution in [3.8, 4) is 0 Å². The van der Waals surface area contributed by atoms with Gasteiger partial charge in [0, 0.05) is 32.4 Å². The van der Waals surface area contributed by atoms with E-state index in [9.17, 15) is 18.8 Å². The number of Topliss-reactive ketones (excluding diaryl/α,β-unsaturated/α-hetero) is 1. The van der Waals surface area contributed by atoms with Gasteiger partial charge in [0.05, 0.1) is 23.6 Å². The van der Waals surface area contributed by atoms with Crippen molar-refractivity contribution in [2.45, 2.75) is 25.2 Å². The largest absolute Gasteiger partial charge is 0.373 e. The number of carbonyl (C=O) groups excluding carboxylic acids is 3. The number of amides is 2. The van der Waals surface area contributed by atoms with Crippen LogP contribution in [0.4, 0.5) is 10.1 Å². The van der Waals surface area contributed by atoms with Gasteiger partial charge in [-0.1, -0.05) is 23.7 Å². The molecular weight excluding hydrogens is 461 g/mol. The second-order valence-corrected chi connectivity index (χ2v) is 9.30. The van der Waals surface area contributed by atoms with E-state index >= 15 is 0 Å². The third-order valence-corrected chi connectivity index (χ3v) is 6.98. The van der Waals surface area contributed by atoms with E-state index in [1.807, 2.05) is 11.9 Å². The van der Waals surface area contributed by atoms with Crippen molar-refractivity contribution in [1.29, 1.82) is 0 Å². The minimum Gasteiger partial charge on any atom is -0.373 e. The van der Waals surface area contributed by atoms with Gasteiger partial charge in [-0.2, -0.15) is 0 Å². The number of anilines is 1. The van der Waals surface area contributed by atoms with Crippen molar-refractivity contribution in [2.75, 3.05) is 38.7 Å². The molecule has 0 aliphatic carbocycles. The SMILES string of the molecule is CONC(=O)C(=O)C1CN(C)c2cc(Cl)c(C(=O)N3CCC(Cc4ccc(F)cc4)CC3)cc21. The molecule has 2 aromatic rings. The molecule has 0 bridgehead atoms. The number of carbonyl (C=O) groups is 3. The third-order valence-electron chi connectivity index (χ3n) is 6.66. The number of likely N-dealkylation sites (tertiary alicyclic amines) is 1. The molecule has 7 nitrogen and oxygen atoms in total. The summed E-state index contributed by atoms with van der Waals surface area (Å²) in [6.07, 6.45) is 2.53. The molecule has 1 unspecified atom stereocenters. The van der Waals surface area contributed by atoms with Gasteiger partial charge in [0.2, 0.25) is 5.78 Å². The van der Waals surface area contributed by atoms with Crippen LogP contribution in [-0.2, 0) is 20.8 Å². The predicted molar refractivity (Wildman–Crippen MR) is 126 cm³/mol. The second kappa shape index (κ2) is 10.1. The maximum Gasteiger partial charge on any atom is 0.311 e. The van der Waals surface area contributed by atoms with Crippen molar-refractivity contribution in [2.24, 2.45) is 5.92 Å². The van der Waals surface area contributed by atoms with Crippen LogP contribution >= 0.6 is 11.6 Å². The topological polar surface area (TPSA) is 79.0 Å². The lowest BCUT2D eigenvalue weighted by Crippen LogP contribution is -2.39. The molecule has 0 spiro atoms. The van der Waals surface area contributed by atoms with Crippen LogP contribution in [0.3, 0.4) is 0 Å². The lowest BCUT2D eigenvalue weighted by atomic mass is 9.89. The van der Waals surface area contributed by atoms with E-state index < -0.39 is 17.6 Å². The molecule has 2 aliphatic rings. The van der Waals surface area contributed by atoms with Crippen LogP contribution < -0.4 is 10.4 Å². The Balaban J connectivity index is 1.47. The van der Waals surface area contributed by atoms with Gasteiger partial charge >= 0.3 is 5.91 Å². The molecule has 2 aromatic carbocycles. The van der Waals surface area contributed by atoms with Gasteiger partial charge < -0.3 is 9.80 Å². The summed E-state index contributed by atoms with van der Waals surface area (Å²) in [4.78, 5) is 46.2. The van der Waals surface area contributed by atoms with Gasteiger partial charge in [-0.25, -0.2) is 9.87 Å². The summed E-state index contributed by atoms with van der Waals surface area (Å²) < 4.78 is 13.1. The number of halogens is 2. The number of piperidine rings is 1. The number of hydrogen-bond acceptors (Lipinski definition) is 5. The summed E-state index contributed by atoms with van der Waals surface area (Å²) in [5.74, 6) is -2.19. The highest BCUT2D eigenvalue weighted by Gasteiger charge is 2.37. The minimum atomic E-state index is -0.834. The lowest BCUT2D eigenvalue weighted by Gasteiger charge is -2.32. The van der Waals surface area contributed by atoms with Crippen molar-refractivity contribution < 1.29 is 23.6 Å². The van der Waals surface area contributed by atoms with Crippen molar-refractivity contribution in [3.63, 3.8) is 0 Å². The molecular formula is C25H27ClFN3O4. The fourth-order valence-corrected chi connectivity index (χ4v) is 5.05. The molecule has 4 rings (SSSR count). The number of likely N-dealkylation sites (N-methyl/N-ethyl adjacent to an activating group) is 1. The zero-order valence-corrected chi connectivity index (χ0v) is 19.9. The molecule has 0 radical (unpaired) electrons. The molecule has 180 valence electrons. The van der Waals surface area contributed by atoms with Crippen LogP contribution in [-0.4, -0.2) is 56.3 Å². The van der Waals surface area contributed by atoms with Gasteiger partial charge in [0.1, 0.15) is 5.82 Å². The number of hydroxylamine groups is 1. The summed E-state index contributed by atoms with van der Waals surface area (Å²) in [5, 5.41) is 0.318. The summed E-state index contributed by atoms with van der Waals surface area (Å²) in [6.45, 7) is 1.50. The van der Waals surface area contributed by atoms with E-state index in [2.05, 4.69) is 10.3 Å². The van der Waals surface area contributed by atoms with E-state index in [0.29, 0.717) is 41.7 Å². The van der Waals surface area contributed by atoms with Crippen molar-refractivity contribution in [3.05, 3.63) is 63.9 Å². The average Bonchev–Trinajstić information content (AvgIpc) is 3.15. The van der Waals surface area contributed by atoms with Gasteiger partial charge in [0.25, 0.3) is 5.91 Å². The summed E-state index contributed by atoms with van der Waals surface area (Å²) in [7, 11) is 3.07. The summed E-state index contributed by atoms with van der Waals surface area (Å²) in [5.41, 5.74) is 4.82. The molecule has 0 aromatic heterocycles. The maximum absolute atomic E-state index is 13.3. The first kappa shape index (κ1) is 24.2. The quantitative estimate of drug-likeness (QED) is 0.499. The number of hydrogen-bond donors (Lipinski definition) is 1. The number of fused-ring (bicyclic) bond motifs is 1. The molecule has 2 heterocycles. The van der Waals surface area contributed by atoms with Crippen LogP contribution in [0.5, 0.6) is 0 Å². The molecule has 2 aliphatic heterocycles. The van der Waals surface area contributed by atoms with E-state index in [1.165, 1.54) is 19.2 Å². The summed E-state index contributed by atoms with van der Waals surface area (Å²) >= 11 is 6.49. The first-order valence-corrected chi connectivity index (χ1v) is 11.6. The van der Waals surface area contributed by atoms with Crippen LogP contribution in [0, 0.1) is 11.7 Å². The first-order valence-electron chi connectivity index (χ1n) is 11.2. The standard InChI is InChI=1S/C25H27ClFN3O4/c1-29-14-20(23(31)24(32)28-34-2)18-12-19(21(26)13-22(18)29)25(33)30-9-7-16(8-10-30)11-15-3-5-17(27)6-4-15/h3-6,12-13,16,20H,7-11,14H2,1-2H3,(H,28,32). The molecule has 34 heavy (non-hydrogen) atoms. The number of nitrogens with one attached hydrogen (secondary N) is 1. The van der Waals surface area contributed by atoms with Crippen molar-refractivity contribution in [1.82, 2.24) is 10.4 Å². The van der Waals surface area contributed by atoms with Crippen LogP contribution in [0.15, 0.2) is 36.4 Å². The molecule has 2 amide bonds. The Kier molecular flexibility index (Phi) is 7.19. The van der Waals surface area contributed by atoms with Gasteiger partial charge in [-0.05, 0) is 60.6 Å². The highest BCUT2D eigenvalue weighted by atomic mass is 35.5. The minimum absolute atomic E-state index is 0.185. The van der Waals surface area contributed by atoms with Crippen molar-refractivity contribution >= 4 is 34.9 Å². The Hall–Kier alpha value is -2.97. The molecule has 0 saturated carbocycles. The summed E-state index contributed by atoms with van der Waals surface area (Å²) in [6, 6.07) is 9.89. The van der Waals surface area contributed by atoms with Crippen LogP contribution in [0.2, 0.25) is 5.02 Å². The normalized spacial score (nSPS) is 18.1. The molecule has 1 atom stereocenters. The number of nitrogens with zero attached hydrogens (tertiary/aromatic N) is 2. The Morgan fingerprint density at radius 1 is 1.15 bits per heavy atom. The molecule has 9 heteroatoms. The maximum atomic E-state index is 13.3. The third kappa shape index (κ3) is 4.93. The average molecular weight is 488 g/mol. The predicted octanol–water partition coefficient (Wildman–Crippen LogP) is 3.35. The lowest BCUT2D eigenvalue weighted by molar-refractivity contribution is -0.145. The van der Waals surface area contributed by atoms with E-state index in [0.717, 1.165) is 30.5 Å². The van der Waals surface area contributed by atoms with E-state index in [-0.39, 0.29) is 11.7 Å². The number of ketones is 1. The van der Waals surface area contributed by atoms with Gasteiger partial charge in [0.15, 0.2) is 0 Å². The Labute approximate surface area is 202 Å². The molecule has 1 fully saturated rings. The Morgan fingerprint density at radius 2 is 1.82 bits per heavy atom. The first-order chi connectivity index (χ1) is 16.3. The fourth-order valence-electron chi connectivity index (χ4n) is 4.81. The number of benzene rings is 2. The zero-order chi connectivity index (χ0) is 24.4. The second-order valence-electron chi connectivity index (χ2n) is 8.89. The van der Waals surface area contributed by atoms with E-state index in [1.54, 1.807) is 29.2 Å². The zero-order valence-electron chi connectivity index (χ0n) is 19.1. The van der Waals surface area contributed by atoms with Crippen LogP contribution in [0.1, 0.15) is 40.2 Å². The van der Waals surface area contributed by atoms with Gasteiger partial charge in [-0.15, -0.1) is 0 Å². The Morgan fingerprint density at radius 3 is 2.47 bits per heavy atom. The molecule has 1 saturated heterocycles. The monoisotopic (exact) mass is 487 g/mol. The van der Waals surface area contributed by atoms with Gasteiger partial charge in [-0.3, -0.25) is 19.2 Å². The highest BCUT2D eigenvalue weighted by molar-refractivity contribution is 6.38. The smallest absolute Gasteiger partial charge is 0.311 e. The van der Waals surface area contributed by atoms with E-state index in [4.69, 9.17) is 11.6 Å². The molecule has 1 N–H and O–H groups in total. The highest BCUT2D eigenvalue weighted by Crippen LogP contribution is 2.40. The van der Waals surface area contributed by atoms with Crippen LogP contribution in [0.25, 0.3) is 0 Å².